The molecule has 3 aromatic rings. The second-order valence-electron chi connectivity index (χ2n) is 5.78. The van der Waals surface area contributed by atoms with Crippen LogP contribution < -0.4 is 15.6 Å². The van der Waals surface area contributed by atoms with Gasteiger partial charge in [0.1, 0.15) is 5.75 Å². The van der Waals surface area contributed by atoms with Crippen LogP contribution in [0, 0.1) is 6.92 Å². The second kappa shape index (κ2) is 8.55. The first-order chi connectivity index (χ1) is 13.1. The Morgan fingerprint density at radius 3 is 2.81 bits per heavy atom. The number of nitrogens with zero attached hydrogens (tertiary/aromatic N) is 2. The highest BCUT2D eigenvalue weighted by Gasteiger charge is 2.12. The maximum Gasteiger partial charge on any atom is 0.287 e. The first kappa shape index (κ1) is 18.7. The summed E-state index contributed by atoms with van der Waals surface area (Å²) in [6.07, 6.45) is 3.18. The number of para-hydroxylation sites is 2. The smallest absolute Gasteiger partial charge is 0.287 e. The fraction of sp³-hybridized carbons (Fsp3) is 0.150. The van der Waals surface area contributed by atoms with E-state index in [-0.39, 0.29) is 22.2 Å². The van der Waals surface area contributed by atoms with Crippen molar-refractivity contribution >= 4 is 23.4 Å². The van der Waals surface area contributed by atoms with Gasteiger partial charge in [0.15, 0.2) is 5.03 Å². The molecule has 0 aliphatic rings. The summed E-state index contributed by atoms with van der Waals surface area (Å²) in [4.78, 5) is 29.0. The van der Waals surface area contributed by atoms with Gasteiger partial charge in [0, 0.05) is 18.1 Å². The van der Waals surface area contributed by atoms with Crippen molar-refractivity contribution in [3.63, 3.8) is 0 Å². The molecule has 0 unspecified atom stereocenters. The Morgan fingerprint density at radius 2 is 2.04 bits per heavy atom. The molecule has 0 bridgehead atoms. The average Bonchev–Trinajstić information content (AvgIpc) is 2.67. The van der Waals surface area contributed by atoms with Crippen LogP contribution in [0.3, 0.4) is 0 Å². The Bertz CT molecular complexity index is 1020. The summed E-state index contributed by atoms with van der Waals surface area (Å²) in [6.45, 7) is 1.97. The predicted molar refractivity (Wildman–Crippen MR) is 107 cm³/mol. The van der Waals surface area contributed by atoms with E-state index >= 15 is 0 Å². The zero-order valence-electron chi connectivity index (χ0n) is 15.0. The molecule has 1 heterocycles. The van der Waals surface area contributed by atoms with Gasteiger partial charge in [0.2, 0.25) is 5.91 Å². The number of methoxy groups -OCH3 is 1. The Hall–Kier alpha value is -3.06. The van der Waals surface area contributed by atoms with E-state index in [4.69, 9.17) is 4.74 Å². The molecular weight excluding hydrogens is 362 g/mol. The van der Waals surface area contributed by atoms with Gasteiger partial charge in [-0.25, -0.2) is 4.98 Å². The molecule has 7 heteroatoms. The van der Waals surface area contributed by atoms with Crippen LogP contribution in [0.1, 0.15) is 5.56 Å². The van der Waals surface area contributed by atoms with Crippen molar-refractivity contribution in [1.29, 1.82) is 0 Å². The molecule has 6 nitrogen and oxygen atoms in total. The summed E-state index contributed by atoms with van der Waals surface area (Å²) >= 11 is 1.10. The third kappa shape index (κ3) is 4.57. The van der Waals surface area contributed by atoms with Gasteiger partial charge in [0.25, 0.3) is 5.56 Å². The third-order valence-corrected chi connectivity index (χ3v) is 4.77. The SMILES string of the molecule is COc1ccccc1NC(=O)CSc1nccn(-c2cccc(C)c2)c1=O. The van der Waals surface area contributed by atoms with Crippen LogP contribution in [0.15, 0.2) is 70.7 Å². The number of carbonyl (C=O) groups excluding carboxylic acids is 1. The fourth-order valence-electron chi connectivity index (χ4n) is 2.54. The normalized spacial score (nSPS) is 10.4. The highest BCUT2D eigenvalue weighted by molar-refractivity contribution is 7.99. The fourth-order valence-corrected chi connectivity index (χ4v) is 3.24. The Labute approximate surface area is 161 Å². The minimum absolute atomic E-state index is 0.0676. The minimum atomic E-state index is -0.252. The molecule has 27 heavy (non-hydrogen) atoms. The van der Waals surface area contributed by atoms with Crippen LogP contribution >= 0.6 is 11.8 Å². The number of benzene rings is 2. The van der Waals surface area contributed by atoms with Crippen molar-refractivity contribution in [1.82, 2.24) is 9.55 Å². The number of aryl methyl sites for hydroxylation is 1. The van der Waals surface area contributed by atoms with Crippen LogP contribution in [-0.4, -0.2) is 28.3 Å². The highest BCUT2D eigenvalue weighted by Crippen LogP contribution is 2.23. The topological polar surface area (TPSA) is 73.2 Å². The number of amides is 1. The number of hydrogen-bond donors (Lipinski definition) is 1. The molecule has 138 valence electrons. The van der Waals surface area contributed by atoms with Crippen LogP contribution in [0.25, 0.3) is 5.69 Å². The van der Waals surface area contributed by atoms with Gasteiger partial charge in [0.05, 0.1) is 18.6 Å². The number of carbonyl (C=O) groups is 1. The molecule has 2 aromatic carbocycles. The molecular formula is C20H19N3O3S. The summed E-state index contributed by atoms with van der Waals surface area (Å²) in [7, 11) is 1.54. The molecule has 1 N–H and O–H groups in total. The number of ether oxygens (including phenoxy) is 1. The minimum Gasteiger partial charge on any atom is -0.495 e. The number of rotatable bonds is 6. The average molecular weight is 381 g/mol. The number of anilines is 1. The molecule has 0 atom stereocenters. The number of nitrogens with one attached hydrogen (secondary N) is 1. The first-order valence-corrected chi connectivity index (χ1v) is 9.27. The van der Waals surface area contributed by atoms with Crippen LogP contribution in [0.5, 0.6) is 5.75 Å². The molecule has 0 saturated carbocycles. The van der Waals surface area contributed by atoms with Crippen LogP contribution in [-0.2, 0) is 4.79 Å². The zero-order chi connectivity index (χ0) is 19.2. The van der Waals surface area contributed by atoms with E-state index in [0.717, 1.165) is 23.0 Å². The Morgan fingerprint density at radius 1 is 1.22 bits per heavy atom. The van der Waals surface area contributed by atoms with E-state index in [1.807, 2.05) is 43.3 Å². The first-order valence-electron chi connectivity index (χ1n) is 8.29. The molecule has 0 aliphatic heterocycles. The lowest BCUT2D eigenvalue weighted by molar-refractivity contribution is -0.113. The quantitative estimate of drug-likeness (QED) is 0.664. The van der Waals surface area contributed by atoms with E-state index in [0.29, 0.717) is 11.4 Å². The predicted octanol–water partition coefficient (Wildman–Crippen LogP) is 3.28. The maximum absolute atomic E-state index is 12.7. The van der Waals surface area contributed by atoms with Gasteiger partial charge in [-0.3, -0.25) is 14.2 Å². The monoisotopic (exact) mass is 381 g/mol. The molecule has 0 spiro atoms. The number of hydrogen-bond acceptors (Lipinski definition) is 5. The van der Waals surface area contributed by atoms with Crippen LogP contribution in [0.4, 0.5) is 5.69 Å². The van der Waals surface area contributed by atoms with E-state index in [1.165, 1.54) is 4.57 Å². The largest absolute Gasteiger partial charge is 0.495 e. The molecule has 0 radical (unpaired) electrons. The Balaban J connectivity index is 1.72. The maximum atomic E-state index is 12.7. The molecule has 3 rings (SSSR count). The summed E-state index contributed by atoms with van der Waals surface area (Å²) < 4.78 is 6.74. The van der Waals surface area contributed by atoms with Crippen molar-refractivity contribution in [3.8, 4) is 11.4 Å². The summed E-state index contributed by atoms with van der Waals surface area (Å²) in [5, 5.41) is 3.06. The van der Waals surface area contributed by atoms with Crippen molar-refractivity contribution in [2.45, 2.75) is 11.9 Å². The van der Waals surface area contributed by atoms with Gasteiger partial charge in [-0.2, -0.15) is 0 Å². The van der Waals surface area contributed by atoms with E-state index in [1.54, 1.807) is 31.6 Å². The lowest BCUT2D eigenvalue weighted by Crippen LogP contribution is -2.22. The molecule has 0 saturated heterocycles. The van der Waals surface area contributed by atoms with Crippen LogP contribution in [0.2, 0.25) is 0 Å². The lowest BCUT2D eigenvalue weighted by Gasteiger charge is -2.10. The van der Waals surface area contributed by atoms with Crippen molar-refractivity contribution in [2.24, 2.45) is 0 Å². The molecule has 1 amide bonds. The van der Waals surface area contributed by atoms with Gasteiger partial charge in [-0.05, 0) is 36.8 Å². The van der Waals surface area contributed by atoms with Crippen molar-refractivity contribution in [2.75, 3.05) is 18.2 Å². The van der Waals surface area contributed by atoms with Gasteiger partial charge < -0.3 is 10.1 Å². The lowest BCUT2D eigenvalue weighted by atomic mass is 10.2. The van der Waals surface area contributed by atoms with Gasteiger partial charge >= 0.3 is 0 Å². The van der Waals surface area contributed by atoms with E-state index in [2.05, 4.69) is 10.3 Å². The van der Waals surface area contributed by atoms with Crippen molar-refractivity contribution in [3.05, 3.63) is 76.8 Å². The zero-order valence-corrected chi connectivity index (χ0v) is 15.8. The molecule has 0 aliphatic carbocycles. The highest BCUT2D eigenvalue weighted by atomic mass is 32.2. The van der Waals surface area contributed by atoms with Gasteiger partial charge in [-0.15, -0.1) is 0 Å². The van der Waals surface area contributed by atoms with E-state index in [9.17, 15) is 9.59 Å². The Kier molecular flexibility index (Phi) is 5.93. The summed E-state index contributed by atoms with van der Waals surface area (Å²) in [6, 6.07) is 14.8. The second-order valence-corrected chi connectivity index (χ2v) is 6.75. The number of thioether (sulfide) groups is 1. The van der Waals surface area contributed by atoms with E-state index < -0.39 is 0 Å². The number of aromatic nitrogens is 2. The third-order valence-electron chi connectivity index (χ3n) is 3.81. The standard InChI is InChI=1S/C20H19N3O3S/c1-14-6-5-7-15(12-14)23-11-10-21-19(20(23)25)27-13-18(24)22-16-8-3-4-9-17(16)26-2/h3-12H,13H2,1-2H3,(H,22,24). The molecule has 0 fully saturated rings. The summed E-state index contributed by atoms with van der Waals surface area (Å²) in [5.74, 6) is 0.408. The van der Waals surface area contributed by atoms with Gasteiger partial charge in [-0.1, -0.05) is 36.0 Å². The van der Waals surface area contributed by atoms with Crippen molar-refractivity contribution < 1.29 is 9.53 Å². The molecule has 1 aromatic heterocycles. The summed E-state index contributed by atoms with van der Waals surface area (Å²) in [5.41, 5.74) is 2.16.